The molecule has 0 aliphatic heterocycles. The number of carbonyl (C=O) groups excluding carboxylic acids is 1. The second-order valence-corrected chi connectivity index (χ2v) is 4.44. The number of nitrogens with zero attached hydrogens (tertiary/aromatic N) is 1. The summed E-state index contributed by atoms with van der Waals surface area (Å²) < 4.78 is 0.825. The molecule has 1 aliphatic rings. The van der Waals surface area contributed by atoms with E-state index < -0.39 is 0 Å². The first-order chi connectivity index (χ1) is 4.77. The van der Waals surface area contributed by atoms with Crippen molar-refractivity contribution in [3.8, 4) is 0 Å². The van der Waals surface area contributed by atoms with Gasteiger partial charge in [0, 0.05) is 6.42 Å². The third-order valence-corrected chi connectivity index (χ3v) is 3.10. The maximum atomic E-state index is 11.0. The van der Waals surface area contributed by atoms with Crippen molar-refractivity contribution < 1.29 is 4.79 Å². The summed E-state index contributed by atoms with van der Waals surface area (Å²) in [5.74, 6) is 0.248. The molecule has 0 amide bonds. The standard InChI is InChI=1S/C6H4BrNOS/c7-6-8-3-1-2-4(9)5(3)10-6/h1-2H2. The Labute approximate surface area is 70.4 Å². The van der Waals surface area contributed by atoms with E-state index in [9.17, 15) is 4.79 Å². The summed E-state index contributed by atoms with van der Waals surface area (Å²) in [6.07, 6.45) is 1.48. The zero-order valence-electron chi connectivity index (χ0n) is 5.06. The van der Waals surface area contributed by atoms with Crippen LogP contribution >= 0.6 is 27.3 Å². The highest BCUT2D eigenvalue weighted by atomic mass is 79.9. The predicted octanol–water partition coefficient (Wildman–Crippen LogP) is 2.03. The Kier molecular flexibility index (Phi) is 1.38. The number of thiazole rings is 1. The summed E-state index contributed by atoms with van der Waals surface area (Å²) in [6.45, 7) is 0. The van der Waals surface area contributed by atoms with Crippen molar-refractivity contribution >= 4 is 33.0 Å². The number of hydrogen-bond acceptors (Lipinski definition) is 3. The first-order valence-corrected chi connectivity index (χ1v) is 4.57. The molecule has 10 heavy (non-hydrogen) atoms. The Morgan fingerprint density at radius 3 is 3.00 bits per heavy atom. The number of aryl methyl sites for hydroxylation is 1. The molecular formula is C6H4BrNOS. The van der Waals surface area contributed by atoms with E-state index in [1.165, 1.54) is 11.3 Å². The maximum absolute atomic E-state index is 11.0. The molecule has 1 aromatic rings. The molecule has 0 atom stereocenters. The molecule has 0 saturated heterocycles. The van der Waals surface area contributed by atoms with Crippen LogP contribution in [0, 0.1) is 0 Å². The minimum atomic E-state index is 0.248. The van der Waals surface area contributed by atoms with Crippen LogP contribution in [0.3, 0.4) is 0 Å². The zero-order valence-corrected chi connectivity index (χ0v) is 7.46. The minimum Gasteiger partial charge on any atom is -0.293 e. The molecule has 0 unspecified atom stereocenters. The molecule has 2 rings (SSSR count). The second-order valence-electron chi connectivity index (χ2n) is 2.17. The number of fused-ring (bicyclic) bond motifs is 1. The average Bonchev–Trinajstić information content (AvgIpc) is 2.35. The maximum Gasteiger partial charge on any atom is 0.175 e. The van der Waals surface area contributed by atoms with Crippen LogP contribution in [-0.2, 0) is 6.42 Å². The van der Waals surface area contributed by atoms with Crippen molar-refractivity contribution in [3.63, 3.8) is 0 Å². The summed E-state index contributed by atoms with van der Waals surface area (Å²) in [5.41, 5.74) is 0.974. The molecule has 0 saturated carbocycles. The van der Waals surface area contributed by atoms with Gasteiger partial charge < -0.3 is 0 Å². The van der Waals surface area contributed by atoms with Gasteiger partial charge in [0.05, 0.1) is 10.6 Å². The molecule has 0 N–H and O–H groups in total. The van der Waals surface area contributed by atoms with Crippen molar-refractivity contribution in [1.29, 1.82) is 0 Å². The van der Waals surface area contributed by atoms with Crippen LogP contribution in [0.15, 0.2) is 3.92 Å². The molecule has 1 aliphatic carbocycles. The lowest BCUT2D eigenvalue weighted by atomic mass is 10.3. The van der Waals surface area contributed by atoms with Gasteiger partial charge in [-0.25, -0.2) is 4.98 Å². The van der Waals surface area contributed by atoms with Crippen LogP contribution in [0.5, 0.6) is 0 Å². The van der Waals surface area contributed by atoms with Crippen LogP contribution in [0.2, 0.25) is 0 Å². The number of Topliss-reactive ketones (excluding diaryl/α,β-unsaturated/α-hetero) is 1. The van der Waals surface area contributed by atoms with Crippen molar-refractivity contribution in [1.82, 2.24) is 4.98 Å². The van der Waals surface area contributed by atoms with E-state index >= 15 is 0 Å². The Bertz CT molecular complexity index is 294. The fraction of sp³-hybridized carbons (Fsp3) is 0.333. The lowest BCUT2D eigenvalue weighted by Gasteiger charge is -1.79. The first kappa shape index (κ1) is 6.49. The summed E-state index contributed by atoms with van der Waals surface area (Å²) in [4.78, 5) is 16.0. The molecule has 0 spiro atoms. The summed E-state index contributed by atoms with van der Waals surface area (Å²) >= 11 is 4.68. The van der Waals surface area contributed by atoms with E-state index in [4.69, 9.17) is 0 Å². The molecule has 1 aromatic heterocycles. The molecule has 0 radical (unpaired) electrons. The molecule has 0 bridgehead atoms. The van der Waals surface area contributed by atoms with Gasteiger partial charge in [-0.05, 0) is 22.4 Å². The fourth-order valence-electron chi connectivity index (χ4n) is 1.06. The van der Waals surface area contributed by atoms with Crippen molar-refractivity contribution in [2.45, 2.75) is 12.8 Å². The second kappa shape index (κ2) is 2.13. The van der Waals surface area contributed by atoms with Crippen LogP contribution in [0.1, 0.15) is 21.8 Å². The Balaban J connectivity index is 2.59. The van der Waals surface area contributed by atoms with Gasteiger partial charge in [0.15, 0.2) is 9.70 Å². The van der Waals surface area contributed by atoms with Gasteiger partial charge in [0.25, 0.3) is 0 Å². The van der Waals surface area contributed by atoms with Crippen molar-refractivity contribution in [2.24, 2.45) is 0 Å². The predicted molar refractivity (Wildman–Crippen MR) is 42.5 cm³/mol. The normalized spacial score (nSPS) is 15.9. The summed E-state index contributed by atoms with van der Waals surface area (Å²) in [7, 11) is 0. The molecular weight excluding hydrogens is 214 g/mol. The van der Waals surface area contributed by atoms with Gasteiger partial charge in [-0.15, -0.1) is 11.3 Å². The van der Waals surface area contributed by atoms with Crippen molar-refractivity contribution in [3.05, 3.63) is 14.5 Å². The number of ketones is 1. The first-order valence-electron chi connectivity index (χ1n) is 2.96. The topological polar surface area (TPSA) is 30.0 Å². The van der Waals surface area contributed by atoms with Gasteiger partial charge in [-0.3, -0.25) is 4.79 Å². The SMILES string of the molecule is O=C1CCc2nc(Br)sc21. The Morgan fingerprint density at radius 1 is 1.50 bits per heavy atom. The summed E-state index contributed by atoms with van der Waals surface area (Å²) in [6, 6.07) is 0. The zero-order chi connectivity index (χ0) is 7.14. The van der Waals surface area contributed by atoms with E-state index in [-0.39, 0.29) is 5.78 Å². The largest absolute Gasteiger partial charge is 0.293 e. The number of carbonyl (C=O) groups is 1. The highest BCUT2D eigenvalue weighted by molar-refractivity contribution is 9.11. The van der Waals surface area contributed by atoms with Crippen molar-refractivity contribution in [2.75, 3.05) is 0 Å². The molecule has 0 aromatic carbocycles. The van der Waals surface area contributed by atoms with Gasteiger partial charge in [0.1, 0.15) is 0 Å². The van der Waals surface area contributed by atoms with E-state index in [1.807, 2.05) is 0 Å². The highest BCUT2D eigenvalue weighted by Gasteiger charge is 2.23. The monoisotopic (exact) mass is 217 g/mol. The van der Waals surface area contributed by atoms with Gasteiger partial charge in [0.2, 0.25) is 0 Å². The highest BCUT2D eigenvalue weighted by Crippen LogP contribution is 2.29. The molecule has 1 heterocycles. The van der Waals surface area contributed by atoms with E-state index in [0.717, 1.165) is 20.9 Å². The Morgan fingerprint density at radius 2 is 2.30 bits per heavy atom. The summed E-state index contributed by atoms with van der Waals surface area (Å²) in [5, 5.41) is 0. The molecule has 0 fully saturated rings. The third-order valence-electron chi connectivity index (χ3n) is 1.51. The van der Waals surface area contributed by atoms with E-state index in [2.05, 4.69) is 20.9 Å². The van der Waals surface area contributed by atoms with Crippen LogP contribution in [0.25, 0.3) is 0 Å². The lowest BCUT2D eigenvalue weighted by Crippen LogP contribution is -1.85. The van der Waals surface area contributed by atoms with Crippen LogP contribution < -0.4 is 0 Å². The number of halogens is 1. The number of hydrogen-bond donors (Lipinski definition) is 0. The number of rotatable bonds is 0. The molecule has 52 valence electrons. The smallest absolute Gasteiger partial charge is 0.175 e. The van der Waals surface area contributed by atoms with Gasteiger partial charge in [-0.1, -0.05) is 0 Å². The minimum absolute atomic E-state index is 0.248. The van der Waals surface area contributed by atoms with Gasteiger partial charge >= 0.3 is 0 Å². The molecule has 2 nitrogen and oxygen atoms in total. The average molecular weight is 218 g/mol. The lowest BCUT2D eigenvalue weighted by molar-refractivity contribution is 0.0998. The fourth-order valence-corrected chi connectivity index (χ4v) is 2.56. The Hall–Kier alpha value is -0.220. The van der Waals surface area contributed by atoms with E-state index in [1.54, 1.807) is 0 Å². The molecule has 4 heteroatoms. The number of aromatic nitrogens is 1. The van der Waals surface area contributed by atoms with Crippen LogP contribution in [-0.4, -0.2) is 10.8 Å². The van der Waals surface area contributed by atoms with Crippen LogP contribution in [0.4, 0.5) is 0 Å². The quantitative estimate of drug-likeness (QED) is 0.666. The van der Waals surface area contributed by atoms with E-state index in [0.29, 0.717) is 6.42 Å². The van der Waals surface area contributed by atoms with Gasteiger partial charge in [-0.2, -0.15) is 0 Å². The third kappa shape index (κ3) is 0.828.